The molecule has 0 heterocycles. The van der Waals surface area contributed by atoms with Crippen molar-refractivity contribution in [2.24, 2.45) is 0 Å². The number of hydrogen-bond acceptors (Lipinski definition) is 4. The van der Waals surface area contributed by atoms with Crippen LogP contribution in [0.5, 0.6) is 0 Å². The molecule has 0 aromatic heterocycles. The Labute approximate surface area is 110 Å². The summed E-state index contributed by atoms with van der Waals surface area (Å²) in [5.74, 6) is -0.134. The summed E-state index contributed by atoms with van der Waals surface area (Å²) in [5, 5.41) is 2.73. The van der Waals surface area contributed by atoms with Gasteiger partial charge in [0.2, 0.25) is 15.9 Å². The van der Waals surface area contributed by atoms with E-state index in [1.165, 1.54) is 4.31 Å². The van der Waals surface area contributed by atoms with Gasteiger partial charge in [0.1, 0.15) is 0 Å². The number of nitrogens with one attached hydrogen (secondary N) is 1. The van der Waals surface area contributed by atoms with E-state index in [-0.39, 0.29) is 24.9 Å². The van der Waals surface area contributed by atoms with E-state index in [9.17, 15) is 13.2 Å². The molecule has 108 valence electrons. The first kappa shape index (κ1) is 17.3. The van der Waals surface area contributed by atoms with Gasteiger partial charge in [0.25, 0.3) is 0 Å². The number of rotatable bonds is 9. The molecule has 0 saturated heterocycles. The number of hydrogen-bond donors (Lipinski definition) is 1. The van der Waals surface area contributed by atoms with Crippen LogP contribution in [0.15, 0.2) is 0 Å². The number of amides is 1. The lowest BCUT2D eigenvalue weighted by molar-refractivity contribution is -0.121. The van der Waals surface area contributed by atoms with Crippen molar-refractivity contribution >= 4 is 15.9 Å². The molecular weight excluding hydrogens is 256 g/mol. The lowest BCUT2D eigenvalue weighted by Gasteiger charge is -2.19. The molecule has 0 aromatic rings. The van der Waals surface area contributed by atoms with Crippen LogP contribution in [0.25, 0.3) is 0 Å². The Hall–Kier alpha value is -0.660. The van der Waals surface area contributed by atoms with Crippen LogP contribution in [0.4, 0.5) is 0 Å². The largest absolute Gasteiger partial charge is 0.385 e. The second kappa shape index (κ2) is 8.44. The van der Waals surface area contributed by atoms with Crippen LogP contribution in [-0.2, 0) is 19.6 Å². The van der Waals surface area contributed by atoms with E-state index in [0.29, 0.717) is 19.6 Å². The Morgan fingerprint density at radius 3 is 2.39 bits per heavy atom. The highest BCUT2D eigenvalue weighted by atomic mass is 32.2. The summed E-state index contributed by atoms with van der Waals surface area (Å²) in [6.45, 7) is 4.82. The van der Waals surface area contributed by atoms with Crippen LogP contribution in [0.1, 0.15) is 26.7 Å². The molecule has 0 atom stereocenters. The molecule has 18 heavy (non-hydrogen) atoms. The van der Waals surface area contributed by atoms with Gasteiger partial charge in [0.15, 0.2) is 0 Å². The number of methoxy groups -OCH3 is 1. The Balaban J connectivity index is 4.22. The molecule has 0 radical (unpaired) electrons. The average molecular weight is 280 g/mol. The van der Waals surface area contributed by atoms with Crippen LogP contribution in [0.2, 0.25) is 0 Å². The Kier molecular flexibility index (Phi) is 8.13. The van der Waals surface area contributed by atoms with Gasteiger partial charge >= 0.3 is 0 Å². The van der Waals surface area contributed by atoms with Crippen molar-refractivity contribution in [3.05, 3.63) is 0 Å². The number of ether oxygens (including phenoxy) is 1. The van der Waals surface area contributed by atoms with Gasteiger partial charge in [-0.2, -0.15) is 0 Å². The summed E-state index contributed by atoms with van der Waals surface area (Å²) in [6.07, 6.45) is 1.95. The number of carbonyl (C=O) groups is 1. The standard InChI is InChI=1S/C11H24N2O4S/c1-10(2)12-11(14)6-8-13(18(4,15)16)7-5-9-17-3/h10H,5-9H2,1-4H3,(H,12,14). The second-order valence-electron chi connectivity index (χ2n) is 4.48. The third-order valence-corrected chi connectivity index (χ3v) is 3.57. The molecule has 0 spiro atoms. The van der Waals surface area contributed by atoms with E-state index >= 15 is 0 Å². The SMILES string of the molecule is COCCCN(CCC(=O)NC(C)C)S(C)(=O)=O. The molecule has 0 bridgehead atoms. The molecule has 0 aliphatic carbocycles. The number of nitrogens with zero attached hydrogens (tertiary/aromatic N) is 1. The van der Waals surface area contributed by atoms with E-state index < -0.39 is 10.0 Å². The van der Waals surface area contributed by atoms with Crippen LogP contribution in [-0.4, -0.2) is 57.7 Å². The van der Waals surface area contributed by atoms with Crippen molar-refractivity contribution < 1.29 is 17.9 Å². The minimum atomic E-state index is -3.27. The molecule has 0 aliphatic heterocycles. The van der Waals surface area contributed by atoms with Crippen LogP contribution >= 0.6 is 0 Å². The quantitative estimate of drug-likeness (QED) is 0.612. The fourth-order valence-electron chi connectivity index (χ4n) is 1.45. The fraction of sp³-hybridized carbons (Fsp3) is 0.909. The Bertz CT molecular complexity index is 341. The number of sulfonamides is 1. The first-order chi connectivity index (χ1) is 8.27. The second-order valence-corrected chi connectivity index (χ2v) is 6.46. The average Bonchev–Trinajstić information content (AvgIpc) is 2.20. The summed E-state index contributed by atoms with van der Waals surface area (Å²) >= 11 is 0. The fourth-order valence-corrected chi connectivity index (χ4v) is 2.33. The molecular formula is C11H24N2O4S. The van der Waals surface area contributed by atoms with Crippen molar-refractivity contribution in [3.8, 4) is 0 Å². The summed E-state index contributed by atoms with van der Waals surface area (Å²) < 4.78 is 29.2. The Morgan fingerprint density at radius 1 is 1.33 bits per heavy atom. The first-order valence-electron chi connectivity index (χ1n) is 6.00. The molecule has 0 saturated carbocycles. The normalized spacial score (nSPS) is 12.1. The van der Waals surface area contributed by atoms with Gasteiger partial charge in [0, 0.05) is 39.3 Å². The Morgan fingerprint density at radius 2 is 1.94 bits per heavy atom. The molecule has 1 amide bonds. The van der Waals surface area contributed by atoms with E-state index in [0.717, 1.165) is 6.26 Å². The van der Waals surface area contributed by atoms with Crippen molar-refractivity contribution in [1.82, 2.24) is 9.62 Å². The molecule has 0 rings (SSSR count). The molecule has 6 nitrogen and oxygen atoms in total. The van der Waals surface area contributed by atoms with Crippen molar-refractivity contribution in [2.45, 2.75) is 32.7 Å². The highest BCUT2D eigenvalue weighted by Crippen LogP contribution is 2.02. The van der Waals surface area contributed by atoms with Gasteiger partial charge in [0.05, 0.1) is 6.26 Å². The molecule has 0 unspecified atom stereocenters. The third kappa shape index (κ3) is 8.43. The van der Waals surface area contributed by atoms with E-state index in [1.54, 1.807) is 7.11 Å². The predicted octanol–water partition coefficient (Wildman–Crippen LogP) is 0.199. The molecule has 0 aromatic carbocycles. The highest BCUT2D eigenvalue weighted by Gasteiger charge is 2.17. The van der Waals surface area contributed by atoms with Crippen molar-refractivity contribution in [2.75, 3.05) is 33.1 Å². The van der Waals surface area contributed by atoms with Gasteiger partial charge in [-0.1, -0.05) is 0 Å². The molecule has 1 N–H and O–H groups in total. The van der Waals surface area contributed by atoms with Crippen LogP contribution in [0, 0.1) is 0 Å². The molecule has 0 aliphatic rings. The van der Waals surface area contributed by atoms with E-state index in [1.807, 2.05) is 13.8 Å². The van der Waals surface area contributed by atoms with Crippen LogP contribution in [0.3, 0.4) is 0 Å². The number of carbonyl (C=O) groups excluding carboxylic acids is 1. The monoisotopic (exact) mass is 280 g/mol. The van der Waals surface area contributed by atoms with Crippen molar-refractivity contribution in [3.63, 3.8) is 0 Å². The lowest BCUT2D eigenvalue weighted by Crippen LogP contribution is -2.37. The maximum Gasteiger partial charge on any atom is 0.221 e. The molecule has 0 fully saturated rings. The minimum Gasteiger partial charge on any atom is -0.385 e. The summed E-state index contributed by atoms with van der Waals surface area (Å²) in [5.41, 5.74) is 0. The summed E-state index contributed by atoms with van der Waals surface area (Å²) in [6, 6.07) is 0.0673. The molecule has 7 heteroatoms. The maximum atomic E-state index is 11.5. The zero-order chi connectivity index (χ0) is 14.2. The summed E-state index contributed by atoms with van der Waals surface area (Å²) in [7, 11) is -1.70. The maximum absolute atomic E-state index is 11.5. The lowest BCUT2D eigenvalue weighted by atomic mass is 10.3. The van der Waals surface area contributed by atoms with E-state index in [4.69, 9.17) is 4.74 Å². The van der Waals surface area contributed by atoms with Gasteiger partial charge in [-0.05, 0) is 20.3 Å². The van der Waals surface area contributed by atoms with Gasteiger partial charge < -0.3 is 10.1 Å². The topological polar surface area (TPSA) is 75.7 Å². The van der Waals surface area contributed by atoms with E-state index in [2.05, 4.69) is 5.32 Å². The summed E-state index contributed by atoms with van der Waals surface area (Å²) in [4.78, 5) is 11.5. The van der Waals surface area contributed by atoms with Gasteiger partial charge in [-0.15, -0.1) is 0 Å². The van der Waals surface area contributed by atoms with Gasteiger partial charge in [-0.25, -0.2) is 12.7 Å². The smallest absolute Gasteiger partial charge is 0.221 e. The third-order valence-electron chi connectivity index (χ3n) is 2.26. The van der Waals surface area contributed by atoms with Crippen molar-refractivity contribution in [1.29, 1.82) is 0 Å². The van der Waals surface area contributed by atoms with Crippen LogP contribution < -0.4 is 5.32 Å². The zero-order valence-corrected chi connectivity index (χ0v) is 12.4. The van der Waals surface area contributed by atoms with Gasteiger partial charge in [-0.3, -0.25) is 4.79 Å². The zero-order valence-electron chi connectivity index (χ0n) is 11.6. The predicted molar refractivity (Wildman–Crippen MR) is 70.8 cm³/mol. The first-order valence-corrected chi connectivity index (χ1v) is 7.85. The highest BCUT2D eigenvalue weighted by molar-refractivity contribution is 7.88. The minimum absolute atomic E-state index is 0.0673.